The molecule has 0 radical (unpaired) electrons. The Hall–Kier alpha value is -7.48. The number of anilines is 3. The zero-order valence-electron chi connectivity index (χ0n) is 31.3. The minimum atomic E-state index is 1.10. The molecule has 0 aliphatic carbocycles. The van der Waals surface area contributed by atoms with Gasteiger partial charge in [0.25, 0.3) is 0 Å². The molecule has 0 heterocycles. The number of hydrogen-bond acceptors (Lipinski definition) is 1. The Labute approximate surface area is 332 Å². The minimum absolute atomic E-state index is 1.10. The van der Waals surface area contributed by atoms with Gasteiger partial charge in [-0.2, -0.15) is 0 Å². The van der Waals surface area contributed by atoms with E-state index in [0.29, 0.717) is 0 Å². The topological polar surface area (TPSA) is 3.24 Å². The van der Waals surface area contributed by atoms with Crippen molar-refractivity contribution in [2.75, 3.05) is 4.90 Å². The van der Waals surface area contributed by atoms with Crippen LogP contribution in [0.3, 0.4) is 0 Å². The molecule has 0 fully saturated rings. The lowest BCUT2D eigenvalue weighted by Crippen LogP contribution is -2.10. The maximum absolute atomic E-state index is 2.39. The Morgan fingerprint density at radius 1 is 0.211 bits per heavy atom. The highest BCUT2D eigenvalue weighted by Crippen LogP contribution is 2.41. The fourth-order valence-electron chi connectivity index (χ4n) is 8.72. The summed E-state index contributed by atoms with van der Waals surface area (Å²) >= 11 is 0. The summed E-state index contributed by atoms with van der Waals surface area (Å²) in [5.74, 6) is 0. The molecule has 57 heavy (non-hydrogen) atoms. The summed E-state index contributed by atoms with van der Waals surface area (Å²) in [7, 11) is 0. The van der Waals surface area contributed by atoms with Gasteiger partial charge in [-0.15, -0.1) is 0 Å². The summed E-state index contributed by atoms with van der Waals surface area (Å²) in [6.45, 7) is 0. The highest BCUT2D eigenvalue weighted by atomic mass is 15.1. The molecule has 1 nitrogen and oxygen atoms in total. The first kappa shape index (κ1) is 32.9. The first-order valence-corrected chi connectivity index (χ1v) is 19.7. The molecule has 0 saturated carbocycles. The predicted octanol–water partition coefficient (Wildman–Crippen LogP) is 15.9. The number of fused-ring (bicyclic) bond motifs is 7. The Bertz CT molecular complexity index is 3290. The molecule has 11 aromatic rings. The van der Waals surface area contributed by atoms with Crippen molar-refractivity contribution in [1.82, 2.24) is 0 Å². The molecule has 0 aromatic heterocycles. The molecule has 0 saturated heterocycles. The van der Waals surface area contributed by atoms with E-state index < -0.39 is 0 Å². The summed E-state index contributed by atoms with van der Waals surface area (Å²) in [6.07, 6.45) is 0. The van der Waals surface area contributed by atoms with E-state index in [0.717, 1.165) is 17.1 Å². The first-order chi connectivity index (χ1) is 28.2. The molecule has 1 heteroatoms. The van der Waals surface area contributed by atoms with E-state index in [1.807, 2.05) is 0 Å². The molecular weight excluding hydrogens is 687 g/mol. The van der Waals surface area contributed by atoms with Gasteiger partial charge in [0.15, 0.2) is 0 Å². The van der Waals surface area contributed by atoms with Crippen LogP contribution in [0, 0.1) is 0 Å². The zero-order valence-corrected chi connectivity index (χ0v) is 31.3. The van der Waals surface area contributed by atoms with Crippen molar-refractivity contribution < 1.29 is 0 Å². The van der Waals surface area contributed by atoms with Crippen LogP contribution in [0.4, 0.5) is 17.1 Å². The molecule has 0 bridgehead atoms. The zero-order chi connectivity index (χ0) is 37.7. The fourth-order valence-corrected chi connectivity index (χ4v) is 8.72. The van der Waals surface area contributed by atoms with E-state index in [9.17, 15) is 0 Å². The van der Waals surface area contributed by atoms with Crippen LogP contribution in [0.25, 0.3) is 87.2 Å². The molecule has 0 unspecified atom stereocenters. The van der Waals surface area contributed by atoms with Crippen LogP contribution in [0.2, 0.25) is 0 Å². The number of nitrogens with zero attached hydrogens (tertiary/aromatic N) is 1. The van der Waals surface area contributed by atoms with E-state index in [4.69, 9.17) is 0 Å². The summed E-state index contributed by atoms with van der Waals surface area (Å²) < 4.78 is 0. The molecule has 0 atom stereocenters. The number of hydrogen-bond donors (Lipinski definition) is 0. The van der Waals surface area contributed by atoms with Crippen molar-refractivity contribution >= 4 is 70.9 Å². The van der Waals surface area contributed by atoms with Gasteiger partial charge in [-0.25, -0.2) is 0 Å². The van der Waals surface area contributed by atoms with Crippen LogP contribution in [0.1, 0.15) is 0 Å². The SMILES string of the molecule is c1ccc(-c2cc(-c3cccc(N(c4ccc(-c5ccc6ccc7c8ccccc8ccc7c6c5)cc4)c4ccc5ccccc5c4)c3)c3ccccc3c2)cc1. The quantitative estimate of drug-likeness (QED) is 0.154. The highest BCUT2D eigenvalue weighted by Gasteiger charge is 2.16. The lowest BCUT2D eigenvalue weighted by Gasteiger charge is -2.27. The molecule has 0 N–H and O–H groups in total. The van der Waals surface area contributed by atoms with E-state index >= 15 is 0 Å². The van der Waals surface area contributed by atoms with Gasteiger partial charge in [0.2, 0.25) is 0 Å². The average Bonchev–Trinajstić information content (AvgIpc) is 3.29. The van der Waals surface area contributed by atoms with E-state index in [-0.39, 0.29) is 0 Å². The second-order valence-electron chi connectivity index (χ2n) is 15.0. The van der Waals surface area contributed by atoms with Gasteiger partial charge in [-0.3, -0.25) is 0 Å². The normalized spacial score (nSPS) is 11.5. The molecule has 0 spiro atoms. The smallest absolute Gasteiger partial charge is 0.0468 e. The van der Waals surface area contributed by atoms with Crippen molar-refractivity contribution in [3.63, 3.8) is 0 Å². The average molecular weight is 724 g/mol. The molecular formula is C56H37N. The summed E-state index contributed by atoms with van der Waals surface area (Å²) in [6, 6.07) is 82.1. The third-order valence-corrected chi connectivity index (χ3v) is 11.6. The summed E-state index contributed by atoms with van der Waals surface area (Å²) in [5, 5.41) is 12.6. The summed E-state index contributed by atoms with van der Waals surface area (Å²) in [5.41, 5.74) is 10.6. The standard InChI is InChI=1S/C56H37N/c1-2-11-38(12-3-1)47-33-45-16-7-9-20-52(45)56(37-47)46-17-10-18-49(35-46)57(50-30-25-39-13-4-5-15-43(39)34-50)48-28-23-40(24-29-48)44-22-21-42-27-31-53-51-19-8-6-14-41(51)26-32-54(53)55(42)36-44/h1-37H. The minimum Gasteiger partial charge on any atom is -0.310 e. The molecule has 11 aromatic carbocycles. The Balaban J connectivity index is 1.03. The van der Waals surface area contributed by atoms with Crippen molar-refractivity contribution in [1.29, 1.82) is 0 Å². The van der Waals surface area contributed by atoms with Crippen LogP contribution in [-0.2, 0) is 0 Å². The van der Waals surface area contributed by atoms with Crippen molar-refractivity contribution in [3.05, 3.63) is 224 Å². The van der Waals surface area contributed by atoms with Crippen LogP contribution >= 0.6 is 0 Å². The van der Waals surface area contributed by atoms with E-state index in [1.165, 1.54) is 87.2 Å². The van der Waals surface area contributed by atoms with Gasteiger partial charge < -0.3 is 4.90 Å². The summed E-state index contributed by atoms with van der Waals surface area (Å²) in [4.78, 5) is 2.39. The van der Waals surface area contributed by atoms with Crippen molar-refractivity contribution in [2.24, 2.45) is 0 Å². The van der Waals surface area contributed by atoms with Gasteiger partial charge in [0, 0.05) is 17.1 Å². The Kier molecular flexibility index (Phi) is 7.89. The van der Waals surface area contributed by atoms with Crippen LogP contribution in [0.5, 0.6) is 0 Å². The third kappa shape index (κ3) is 5.89. The molecule has 0 aliphatic heterocycles. The van der Waals surface area contributed by atoms with Crippen molar-refractivity contribution in [3.8, 4) is 33.4 Å². The van der Waals surface area contributed by atoms with E-state index in [2.05, 4.69) is 229 Å². The third-order valence-electron chi connectivity index (χ3n) is 11.6. The second kappa shape index (κ2) is 13.7. The van der Waals surface area contributed by atoms with Gasteiger partial charge in [-0.1, -0.05) is 170 Å². The maximum atomic E-state index is 2.39. The van der Waals surface area contributed by atoms with Crippen LogP contribution in [0.15, 0.2) is 224 Å². The van der Waals surface area contributed by atoms with Gasteiger partial charge >= 0.3 is 0 Å². The molecule has 0 aliphatic rings. The lowest BCUT2D eigenvalue weighted by atomic mass is 9.92. The lowest BCUT2D eigenvalue weighted by molar-refractivity contribution is 1.29. The van der Waals surface area contributed by atoms with Crippen molar-refractivity contribution in [2.45, 2.75) is 0 Å². The first-order valence-electron chi connectivity index (χ1n) is 19.7. The second-order valence-corrected chi connectivity index (χ2v) is 15.0. The maximum Gasteiger partial charge on any atom is 0.0468 e. The molecule has 11 rings (SSSR count). The van der Waals surface area contributed by atoms with Crippen LogP contribution in [-0.4, -0.2) is 0 Å². The number of benzene rings is 11. The largest absolute Gasteiger partial charge is 0.310 e. The predicted molar refractivity (Wildman–Crippen MR) is 245 cm³/mol. The number of rotatable bonds is 6. The fraction of sp³-hybridized carbons (Fsp3) is 0. The van der Waals surface area contributed by atoms with Gasteiger partial charge in [0.1, 0.15) is 0 Å². The molecule has 0 amide bonds. The van der Waals surface area contributed by atoms with Gasteiger partial charge in [0.05, 0.1) is 0 Å². The van der Waals surface area contributed by atoms with Crippen LogP contribution < -0.4 is 4.90 Å². The Morgan fingerprint density at radius 2 is 0.772 bits per heavy atom. The van der Waals surface area contributed by atoms with E-state index in [1.54, 1.807) is 0 Å². The Morgan fingerprint density at radius 3 is 1.60 bits per heavy atom. The highest BCUT2D eigenvalue weighted by molar-refractivity contribution is 6.17. The molecule has 266 valence electrons. The van der Waals surface area contributed by atoms with Gasteiger partial charge in [-0.05, 0) is 142 Å². The monoisotopic (exact) mass is 723 g/mol.